The van der Waals surface area contributed by atoms with Crippen LogP contribution >= 0.6 is 0 Å². The number of aliphatic imine (C=N–C) groups is 1. The first-order chi connectivity index (χ1) is 15.4. The van der Waals surface area contributed by atoms with Crippen LogP contribution in [0.15, 0.2) is 29.4 Å². The lowest BCUT2D eigenvalue weighted by Crippen LogP contribution is -2.63. The van der Waals surface area contributed by atoms with E-state index in [1.807, 2.05) is 17.7 Å². The Morgan fingerprint density at radius 3 is 2.53 bits per heavy atom. The van der Waals surface area contributed by atoms with Crippen molar-refractivity contribution in [2.75, 3.05) is 33.2 Å². The summed E-state index contributed by atoms with van der Waals surface area (Å²) in [5.41, 5.74) is 4.38. The number of carbonyl (C=O) groups is 2. The largest absolute Gasteiger partial charge is 0.406 e. The maximum Gasteiger partial charge on any atom is 0.406 e. The van der Waals surface area contributed by atoms with Gasteiger partial charge in [0.15, 0.2) is 0 Å². The minimum absolute atomic E-state index is 0.189. The van der Waals surface area contributed by atoms with Gasteiger partial charge in [-0.3, -0.25) is 14.6 Å². The summed E-state index contributed by atoms with van der Waals surface area (Å²) in [6.45, 7) is 9.40. The molecule has 3 aliphatic rings. The van der Waals surface area contributed by atoms with Gasteiger partial charge < -0.3 is 4.90 Å². The van der Waals surface area contributed by atoms with Gasteiger partial charge in [-0.15, -0.1) is 0 Å². The number of hydrogen-bond donors (Lipinski definition) is 0. The van der Waals surface area contributed by atoms with Crippen molar-refractivity contribution in [1.29, 1.82) is 0 Å². The van der Waals surface area contributed by atoms with Crippen LogP contribution in [0.3, 0.4) is 0 Å². The van der Waals surface area contributed by atoms with Crippen LogP contribution in [0.5, 0.6) is 0 Å². The lowest BCUT2D eigenvalue weighted by Gasteiger charge is -2.35. The van der Waals surface area contributed by atoms with Crippen molar-refractivity contribution < 1.29 is 14.2 Å². The molecule has 0 saturated carbocycles. The van der Waals surface area contributed by atoms with Crippen LogP contribution < -0.4 is 4.57 Å². The maximum atomic E-state index is 13.5. The third-order valence-electron chi connectivity index (χ3n) is 6.89. The number of hydrogen-bond acceptors (Lipinski definition) is 4. The van der Waals surface area contributed by atoms with Gasteiger partial charge in [0.2, 0.25) is 11.9 Å². The average molecular weight is 436 g/mol. The average Bonchev–Trinajstić information content (AvgIpc) is 3.28. The van der Waals surface area contributed by atoms with E-state index in [4.69, 9.17) is 4.99 Å². The first-order valence-electron chi connectivity index (χ1n) is 11.5. The molecular formula is C24H31N6O2+. The molecule has 4 heterocycles. The monoisotopic (exact) mass is 435 g/mol. The summed E-state index contributed by atoms with van der Waals surface area (Å²) in [4.78, 5) is 36.7. The predicted molar refractivity (Wildman–Crippen MR) is 121 cm³/mol. The number of rotatable bonds is 4. The highest BCUT2D eigenvalue weighted by Crippen LogP contribution is 2.32. The Kier molecular flexibility index (Phi) is 5.12. The number of aromatic nitrogens is 2. The second kappa shape index (κ2) is 7.85. The summed E-state index contributed by atoms with van der Waals surface area (Å²) < 4.78 is 3.99. The summed E-state index contributed by atoms with van der Waals surface area (Å²) in [6, 6.07) is 5.42. The number of fused-ring (bicyclic) bond motifs is 3. The van der Waals surface area contributed by atoms with E-state index in [1.165, 1.54) is 34.6 Å². The second-order valence-corrected chi connectivity index (χ2v) is 9.21. The van der Waals surface area contributed by atoms with Gasteiger partial charge in [0.1, 0.15) is 17.6 Å². The van der Waals surface area contributed by atoms with E-state index < -0.39 is 6.04 Å². The van der Waals surface area contributed by atoms with Crippen LogP contribution in [0, 0.1) is 20.8 Å². The number of imide groups is 1. The summed E-state index contributed by atoms with van der Waals surface area (Å²) in [5.74, 6) is 0.994. The van der Waals surface area contributed by atoms with Crippen LogP contribution in [-0.2, 0) is 4.79 Å². The Balaban J connectivity index is 1.48. The summed E-state index contributed by atoms with van der Waals surface area (Å²) in [6.07, 6.45) is 5.61. The normalized spacial score (nSPS) is 21.1. The predicted octanol–water partition coefficient (Wildman–Crippen LogP) is 2.65. The van der Waals surface area contributed by atoms with Crippen molar-refractivity contribution in [3.63, 3.8) is 0 Å². The van der Waals surface area contributed by atoms with E-state index in [-0.39, 0.29) is 11.9 Å². The molecule has 0 aliphatic carbocycles. The number of likely N-dealkylation sites (tertiary alicyclic amines) is 1. The van der Waals surface area contributed by atoms with Crippen LogP contribution in [0.25, 0.3) is 5.69 Å². The minimum Gasteiger partial charge on any atom is -0.302 e. The number of imidazole rings is 1. The highest BCUT2D eigenvalue weighted by Gasteiger charge is 2.53. The molecule has 8 nitrogen and oxygen atoms in total. The van der Waals surface area contributed by atoms with E-state index >= 15 is 0 Å². The molecule has 2 fully saturated rings. The van der Waals surface area contributed by atoms with Crippen molar-refractivity contribution >= 4 is 23.7 Å². The van der Waals surface area contributed by atoms with Crippen LogP contribution in [-0.4, -0.2) is 70.3 Å². The molecule has 0 bridgehead atoms. The van der Waals surface area contributed by atoms with Crippen molar-refractivity contribution in [3.05, 3.63) is 41.2 Å². The first kappa shape index (κ1) is 20.9. The molecule has 8 heteroatoms. The second-order valence-electron chi connectivity index (χ2n) is 9.21. The Labute approximate surface area is 188 Å². The smallest absolute Gasteiger partial charge is 0.302 e. The number of carbonyl (C=O) groups excluding carboxylic acids is 2. The van der Waals surface area contributed by atoms with Crippen molar-refractivity contribution in [1.82, 2.24) is 19.3 Å². The zero-order valence-electron chi connectivity index (χ0n) is 19.3. The van der Waals surface area contributed by atoms with Gasteiger partial charge in [0.25, 0.3) is 5.91 Å². The molecule has 1 atom stereocenters. The molecule has 3 aliphatic heterocycles. The van der Waals surface area contributed by atoms with E-state index in [0.29, 0.717) is 18.3 Å². The third kappa shape index (κ3) is 3.24. The minimum atomic E-state index is -0.597. The quantitative estimate of drug-likeness (QED) is 0.694. The summed E-state index contributed by atoms with van der Waals surface area (Å²) in [7, 11) is 1.72. The van der Waals surface area contributed by atoms with E-state index in [0.717, 1.165) is 36.6 Å². The topological polar surface area (TPSA) is 65.0 Å². The third-order valence-corrected chi connectivity index (χ3v) is 6.89. The molecule has 32 heavy (non-hydrogen) atoms. The lowest BCUT2D eigenvalue weighted by molar-refractivity contribution is -0.676. The van der Waals surface area contributed by atoms with Crippen molar-refractivity contribution in [2.45, 2.75) is 46.1 Å². The molecule has 0 N–H and O–H groups in total. The lowest BCUT2D eigenvalue weighted by atomic mass is 10.1. The van der Waals surface area contributed by atoms with Crippen molar-refractivity contribution in [3.8, 4) is 5.69 Å². The number of piperidine rings is 1. The van der Waals surface area contributed by atoms with Gasteiger partial charge in [0, 0.05) is 20.1 Å². The zero-order valence-corrected chi connectivity index (χ0v) is 19.3. The molecule has 1 unspecified atom stereocenters. The Morgan fingerprint density at radius 1 is 1.06 bits per heavy atom. The van der Waals surface area contributed by atoms with Gasteiger partial charge in [0.05, 0.1) is 0 Å². The number of amides is 3. The highest BCUT2D eigenvalue weighted by atomic mass is 16.2. The van der Waals surface area contributed by atoms with Gasteiger partial charge in [-0.2, -0.15) is 4.57 Å². The molecule has 1 aromatic heterocycles. The van der Waals surface area contributed by atoms with Gasteiger partial charge in [-0.25, -0.2) is 9.36 Å². The molecule has 2 saturated heterocycles. The standard InChI is InChI=1S/C24H31N6O2/c1-16-8-9-19(17(2)14-16)30-18(3)15-29-20-21(25-23(29)30)26(4)24(32)28(22(20)31)13-12-27-10-6-5-7-11-27/h8-9,14-15,20H,5-7,10-13H2,1-4H3/q+1. The Bertz CT molecular complexity index is 1130. The zero-order chi connectivity index (χ0) is 22.6. The van der Waals surface area contributed by atoms with Gasteiger partial charge in [-0.05, 0) is 58.3 Å². The SMILES string of the molecule is Cc1ccc(-n2c(C)c[n+]3c2N=C2C3C(=O)N(CCN3CCCCC3)C(=O)N2C)c(C)c1. The van der Waals surface area contributed by atoms with E-state index in [1.54, 1.807) is 7.05 Å². The Hall–Kier alpha value is -3.00. The number of aryl methyl sites for hydroxylation is 3. The molecule has 0 spiro atoms. The molecule has 1 aromatic carbocycles. The molecule has 0 radical (unpaired) electrons. The Morgan fingerprint density at radius 2 is 1.81 bits per heavy atom. The van der Waals surface area contributed by atoms with Crippen LogP contribution in [0.4, 0.5) is 10.7 Å². The number of likely N-dealkylation sites (N-methyl/N-ethyl adjacent to an activating group) is 1. The van der Waals surface area contributed by atoms with Crippen molar-refractivity contribution in [2.24, 2.45) is 4.99 Å². The molecule has 5 rings (SSSR count). The fourth-order valence-electron chi connectivity index (χ4n) is 5.17. The van der Waals surface area contributed by atoms with Gasteiger partial charge >= 0.3 is 12.0 Å². The van der Waals surface area contributed by atoms with E-state index in [2.05, 4.69) is 41.5 Å². The van der Waals surface area contributed by atoms with Gasteiger partial charge in [-0.1, -0.05) is 29.1 Å². The van der Waals surface area contributed by atoms with Crippen LogP contribution in [0.1, 0.15) is 42.1 Å². The number of nitrogens with zero attached hydrogens (tertiary/aromatic N) is 6. The number of benzene rings is 1. The summed E-state index contributed by atoms with van der Waals surface area (Å²) in [5, 5.41) is 0. The maximum absolute atomic E-state index is 13.5. The first-order valence-corrected chi connectivity index (χ1v) is 11.5. The van der Waals surface area contributed by atoms with E-state index in [9.17, 15) is 9.59 Å². The highest BCUT2D eigenvalue weighted by molar-refractivity contribution is 6.19. The van der Waals surface area contributed by atoms with Crippen LogP contribution in [0.2, 0.25) is 0 Å². The fraction of sp³-hybridized carbons (Fsp3) is 0.500. The molecule has 2 aromatic rings. The molecule has 168 valence electrons. The molecular weight excluding hydrogens is 404 g/mol. The fourth-order valence-corrected chi connectivity index (χ4v) is 5.17. The number of urea groups is 1. The number of amidine groups is 1. The summed E-state index contributed by atoms with van der Waals surface area (Å²) >= 11 is 0. The molecule has 3 amide bonds.